The van der Waals surface area contributed by atoms with Gasteiger partial charge in [0.2, 0.25) is 0 Å². The van der Waals surface area contributed by atoms with Crippen LogP contribution in [0.15, 0.2) is 41.4 Å². The zero-order valence-corrected chi connectivity index (χ0v) is 18.2. The number of esters is 1. The van der Waals surface area contributed by atoms with E-state index in [2.05, 4.69) is 4.99 Å². The molecule has 6 N–H and O–H groups in total. The van der Waals surface area contributed by atoms with Crippen LogP contribution in [-0.4, -0.2) is 46.9 Å². The topological polar surface area (TPSA) is 175 Å². The van der Waals surface area contributed by atoms with Crippen LogP contribution in [0.1, 0.15) is 34.3 Å². The molecule has 2 aromatic rings. The number of aryl methyl sites for hydroxylation is 2. The van der Waals surface area contributed by atoms with Gasteiger partial charge in [-0.1, -0.05) is 12.1 Å². The smallest absolute Gasteiger partial charge is 0.489 e. The zero-order valence-electron chi connectivity index (χ0n) is 18.2. The lowest BCUT2D eigenvalue weighted by atomic mass is 10.0. The second-order valence-corrected chi connectivity index (χ2v) is 7.16. The lowest BCUT2D eigenvalue weighted by molar-refractivity contribution is -0.192. The highest BCUT2D eigenvalue weighted by Crippen LogP contribution is 2.34. The number of fused-ring (bicyclic) bond motifs is 2. The highest BCUT2D eigenvalue weighted by Gasteiger charge is 2.38. The molecule has 0 saturated carbocycles. The van der Waals surface area contributed by atoms with Gasteiger partial charge in [0.25, 0.3) is 0 Å². The summed E-state index contributed by atoms with van der Waals surface area (Å²) in [4.78, 5) is 36.5. The van der Waals surface area contributed by atoms with Gasteiger partial charge >= 0.3 is 24.1 Å². The maximum atomic E-state index is 12.7. The van der Waals surface area contributed by atoms with Crippen LogP contribution < -0.4 is 20.9 Å². The molecule has 13 heteroatoms. The average Bonchev–Trinajstić information content (AvgIpc) is 2.75. The Kier molecular flexibility index (Phi) is 9.03. The van der Waals surface area contributed by atoms with E-state index in [4.69, 9.17) is 35.9 Å². The molecule has 0 amide bonds. The van der Waals surface area contributed by atoms with E-state index in [1.54, 1.807) is 36.4 Å². The number of aliphatic carboxylic acids is 2. The Bertz CT molecular complexity index is 1130. The SMILES string of the molecule is NC(N)=Nc1ccc2c(c1)CCCOc1c(CCC(=O)O)cccc1OC2=O.O=C(O)C(F)(F)F. The fourth-order valence-corrected chi connectivity index (χ4v) is 3.04. The van der Waals surface area contributed by atoms with Crippen molar-refractivity contribution < 1.29 is 47.2 Å². The molecule has 0 bridgehead atoms. The number of guanidine groups is 1. The molecular formula is C22H22F3N3O7. The normalized spacial score (nSPS) is 12.9. The molecule has 0 aliphatic carbocycles. The number of benzene rings is 2. The van der Waals surface area contributed by atoms with Gasteiger partial charge < -0.3 is 31.2 Å². The molecule has 10 nitrogen and oxygen atoms in total. The molecular weight excluding hydrogens is 475 g/mol. The first-order valence-electron chi connectivity index (χ1n) is 10.1. The van der Waals surface area contributed by atoms with Crippen molar-refractivity contribution in [3.8, 4) is 11.5 Å². The number of carbonyl (C=O) groups excluding carboxylic acids is 1. The van der Waals surface area contributed by atoms with Crippen LogP contribution in [0.2, 0.25) is 0 Å². The van der Waals surface area contributed by atoms with E-state index in [1.807, 2.05) is 0 Å². The zero-order chi connectivity index (χ0) is 26.2. The molecule has 0 atom stereocenters. The number of halogens is 3. The minimum absolute atomic E-state index is 0.0375. The minimum atomic E-state index is -5.08. The Labute approximate surface area is 197 Å². The second-order valence-electron chi connectivity index (χ2n) is 7.16. The molecule has 35 heavy (non-hydrogen) atoms. The number of carboxylic acids is 2. The Morgan fingerprint density at radius 3 is 2.40 bits per heavy atom. The van der Waals surface area contributed by atoms with Gasteiger partial charge in [-0.15, -0.1) is 0 Å². The first-order chi connectivity index (χ1) is 16.4. The molecule has 1 aliphatic heterocycles. The van der Waals surface area contributed by atoms with Crippen molar-refractivity contribution in [2.75, 3.05) is 6.61 Å². The first kappa shape index (κ1) is 27.0. The Balaban J connectivity index is 0.000000540. The number of rotatable bonds is 4. The second kappa shape index (κ2) is 11.7. The van der Waals surface area contributed by atoms with E-state index < -0.39 is 24.1 Å². The number of aliphatic imine (C=N–C) groups is 1. The molecule has 0 aromatic heterocycles. The number of hydrogen-bond donors (Lipinski definition) is 4. The van der Waals surface area contributed by atoms with Gasteiger partial charge in [0.05, 0.1) is 17.9 Å². The van der Waals surface area contributed by atoms with Crippen LogP contribution in [0.4, 0.5) is 18.9 Å². The third-order valence-electron chi connectivity index (χ3n) is 4.52. The summed E-state index contributed by atoms with van der Waals surface area (Å²) in [5.41, 5.74) is 13.3. The third kappa shape index (κ3) is 8.21. The number of para-hydroxylation sites is 1. The minimum Gasteiger partial charge on any atom is -0.489 e. The van der Waals surface area contributed by atoms with Crippen LogP contribution >= 0.6 is 0 Å². The fourth-order valence-electron chi connectivity index (χ4n) is 3.04. The van der Waals surface area contributed by atoms with E-state index in [0.717, 1.165) is 5.56 Å². The fraction of sp³-hybridized carbons (Fsp3) is 0.273. The van der Waals surface area contributed by atoms with Crippen LogP contribution in [0, 0.1) is 0 Å². The van der Waals surface area contributed by atoms with Crippen molar-refractivity contribution >= 4 is 29.6 Å². The molecule has 0 spiro atoms. The molecule has 1 heterocycles. The highest BCUT2D eigenvalue weighted by atomic mass is 19.4. The van der Waals surface area contributed by atoms with Crippen molar-refractivity contribution in [1.82, 2.24) is 0 Å². The van der Waals surface area contributed by atoms with Crippen LogP contribution in [0.5, 0.6) is 11.5 Å². The van der Waals surface area contributed by atoms with Gasteiger partial charge in [-0.05, 0) is 54.7 Å². The summed E-state index contributed by atoms with van der Waals surface area (Å²) < 4.78 is 43.2. The summed E-state index contributed by atoms with van der Waals surface area (Å²) in [5, 5.41) is 16.1. The number of nitrogens with zero attached hydrogens (tertiary/aromatic N) is 1. The molecule has 3 rings (SSSR count). The molecule has 188 valence electrons. The Morgan fingerprint density at radius 1 is 1.11 bits per heavy atom. The molecule has 0 saturated heterocycles. The maximum Gasteiger partial charge on any atom is 0.490 e. The summed E-state index contributed by atoms with van der Waals surface area (Å²) in [6.45, 7) is 0.389. The molecule has 0 unspecified atom stereocenters. The molecule has 0 radical (unpaired) electrons. The lowest BCUT2D eigenvalue weighted by Gasteiger charge is -2.18. The maximum absolute atomic E-state index is 12.7. The number of ether oxygens (including phenoxy) is 2. The largest absolute Gasteiger partial charge is 0.490 e. The monoisotopic (exact) mass is 497 g/mol. The number of carbonyl (C=O) groups is 3. The van der Waals surface area contributed by atoms with E-state index in [0.29, 0.717) is 42.0 Å². The third-order valence-corrected chi connectivity index (χ3v) is 4.52. The van der Waals surface area contributed by atoms with E-state index in [1.165, 1.54) is 0 Å². The molecule has 2 aromatic carbocycles. The van der Waals surface area contributed by atoms with E-state index in [-0.39, 0.29) is 24.6 Å². The quantitative estimate of drug-likeness (QED) is 0.214. The van der Waals surface area contributed by atoms with Gasteiger partial charge in [0, 0.05) is 6.42 Å². The van der Waals surface area contributed by atoms with Crippen molar-refractivity contribution in [1.29, 1.82) is 0 Å². The van der Waals surface area contributed by atoms with Gasteiger partial charge in [0.15, 0.2) is 17.5 Å². The van der Waals surface area contributed by atoms with Crippen molar-refractivity contribution in [2.24, 2.45) is 16.5 Å². The van der Waals surface area contributed by atoms with Gasteiger partial charge in [0.1, 0.15) is 0 Å². The Hall–Kier alpha value is -4.29. The van der Waals surface area contributed by atoms with Crippen molar-refractivity contribution in [2.45, 2.75) is 31.9 Å². The summed E-state index contributed by atoms with van der Waals surface area (Å²) in [7, 11) is 0. The average molecular weight is 497 g/mol. The summed E-state index contributed by atoms with van der Waals surface area (Å²) >= 11 is 0. The standard InChI is InChI=1S/C20H21N3O5.C2HF3O2/c21-20(22)23-14-7-8-15-13(11-14)4-2-10-27-18-12(6-9-17(24)25)3-1-5-16(18)28-19(15)26;3-2(4,5)1(6)7/h1,3,5,7-8,11H,2,4,6,9-10H2,(H,24,25)(H4,21,22,23);(H,6,7). The van der Waals surface area contributed by atoms with E-state index >= 15 is 0 Å². The van der Waals surface area contributed by atoms with Crippen LogP contribution in [0.3, 0.4) is 0 Å². The number of carboxylic acid groups (broad SMARTS) is 2. The summed E-state index contributed by atoms with van der Waals surface area (Å²) in [6, 6.07) is 10.1. The van der Waals surface area contributed by atoms with Gasteiger partial charge in [-0.2, -0.15) is 13.2 Å². The molecule has 0 fully saturated rings. The van der Waals surface area contributed by atoms with E-state index in [9.17, 15) is 22.8 Å². The summed E-state index contributed by atoms with van der Waals surface area (Å²) in [6.07, 6.45) is -3.61. The number of nitrogens with two attached hydrogens (primary N) is 2. The summed E-state index contributed by atoms with van der Waals surface area (Å²) in [5.74, 6) is -3.55. The van der Waals surface area contributed by atoms with Gasteiger partial charge in [-0.25, -0.2) is 14.6 Å². The van der Waals surface area contributed by atoms with Crippen LogP contribution in [0.25, 0.3) is 0 Å². The number of alkyl halides is 3. The van der Waals surface area contributed by atoms with Crippen LogP contribution in [-0.2, 0) is 22.4 Å². The predicted octanol–water partition coefficient (Wildman–Crippen LogP) is 2.79. The van der Waals surface area contributed by atoms with Gasteiger partial charge in [-0.3, -0.25) is 4.79 Å². The number of hydrogen-bond acceptors (Lipinski definition) is 6. The van der Waals surface area contributed by atoms with Crippen molar-refractivity contribution in [3.63, 3.8) is 0 Å². The van der Waals surface area contributed by atoms with Crippen molar-refractivity contribution in [3.05, 3.63) is 53.1 Å². The first-order valence-corrected chi connectivity index (χ1v) is 10.1. The lowest BCUT2D eigenvalue weighted by Crippen LogP contribution is -2.22. The Morgan fingerprint density at radius 2 is 1.80 bits per heavy atom. The molecule has 1 aliphatic rings. The highest BCUT2D eigenvalue weighted by molar-refractivity contribution is 5.93. The predicted molar refractivity (Wildman–Crippen MR) is 117 cm³/mol.